The summed E-state index contributed by atoms with van der Waals surface area (Å²) in [6.07, 6.45) is 7.21. The number of aliphatic hydroxyl groups excluding tert-OH is 1. The molecule has 234 valence electrons. The maximum absolute atomic E-state index is 14.0. The fraction of sp³-hybridized carbons (Fsp3) is 0.487. The summed E-state index contributed by atoms with van der Waals surface area (Å²) in [5, 5.41) is 13.3. The molecule has 1 heterocycles. The van der Waals surface area contributed by atoms with E-state index in [1.807, 2.05) is 32.1 Å². The van der Waals surface area contributed by atoms with Crippen molar-refractivity contribution in [1.29, 1.82) is 0 Å². The molecule has 0 radical (unpaired) electrons. The zero-order valence-electron chi connectivity index (χ0n) is 27.8. The van der Waals surface area contributed by atoms with Gasteiger partial charge in [-0.2, -0.15) is 0 Å². The Labute approximate surface area is 261 Å². The highest BCUT2D eigenvalue weighted by atomic mass is 19.1. The number of nitrogens with zero attached hydrogens (tertiary/aromatic N) is 1. The van der Waals surface area contributed by atoms with E-state index in [1.54, 1.807) is 6.07 Å². The standard InChI is InChI=1S/C22H34N2O.C17H21F/c1-16-6-5-7-19(12-16)22(3,4)23-17(2)13-18-14-24(15-18)20-8-10-21(25)11-9-20;1-11(2)14(6)10-16(12(3)4)15-8-7-13(5)9-17(15)18/h5-7,12,18,20-21,23,25H,2,8-11,13-15H2,1,3-4H3;7-10,12H,1,6H2,2-5H3/b;16-10+. The Morgan fingerprint density at radius 2 is 1.65 bits per heavy atom. The zero-order valence-corrected chi connectivity index (χ0v) is 27.8. The van der Waals surface area contributed by atoms with Gasteiger partial charge in [0.15, 0.2) is 0 Å². The molecule has 3 nitrogen and oxygen atoms in total. The van der Waals surface area contributed by atoms with Gasteiger partial charge in [0.2, 0.25) is 0 Å². The van der Waals surface area contributed by atoms with Crippen LogP contribution in [-0.4, -0.2) is 35.2 Å². The molecule has 1 saturated heterocycles. The van der Waals surface area contributed by atoms with Gasteiger partial charge in [-0.15, -0.1) is 0 Å². The lowest BCUT2D eigenvalue weighted by Gasteiger charge is -2.47. The van der Waals surface area contributed by atoms with Crippen LogP contribution in [-0.2, 0) is 5.54 Å². The second-order valence-electron chi connectivity index (χ2n) is 13.8. The monoisotopic (exact) mass is 586 g/mol. The molecule has 2 N–H and O–H groups in total. The Hall–Kier alpha value is -2.95. The second kappa shape index (κ2) is 15.2. The molecule has 0 amide bonds. The lowest BCUT2D eigenvalue weighted by Crippen LogP contribution is -2.53. The Kier molecular flexibility index (Phi) is 12.2. The molecule has 4 rings (SSSR count). The molecule has 43 heavy (non-hydrogen) atoms. The number of allylic oxidation sites excluding steroid dienone is 5. The van der Waals surface area contributed by atoms with Crippen molar-refractivity contribution >= 4 is 5.57 Å². The largest absolute Gasteiger partial charge is 0.393 e. The van der Waals surface area contributed by atoms with Crippen molar-refractivity contribution in [1.82, 2.24) is 10.2 Å². The molecule has 2 fully saturated rings. The number of benzene rings is 2. The van der Waals surface area contributed by atoms with Crippen molar-refractivity contribution in [3.8, 4) is 0 Å². The smallest absolute Gasteiger partial charge is 0.130 e. The first kappa shape index (κ1) is 34.5. The van der Waals surface area contributed by atoms with E-state index in [4.69, 9.17) is 0 Å². The van der Waals surface area contributed by atoms with Crippen LogP contribution < -0.4 is 5.32 Å². The van der Waals surface area contributed by atoms with Crippen LogP contribution >= 0.6 is 0 Å². The zero-order chi connectivity index (χ0) is 31.9. The molecule has 1 aliphatic carbocycles. The van der Waals surface area contributed by atoms with E-state index < -0.39 is 0 Å². The summed E-state index contributed by atoms with van der Waals surface area (Å²) in [4.78, 5) is 2.61. The van der Waals surface area contributed by atoms with E-state index >= 15 is 0 Å². The van der Waals surface area contributed by atoms with E-state index in [-0.39, 0.29) is 23.4 Å². The highest BCUT2D eigenvalue weighted by Gasteiger charge is 2.34. The number of aliphatic hydroxyl groups is 1. The second-order valence-corrected chi connectivity index (χ2v) is 13.8. The lowest BCUT2D eigenvalue weighted by molar-refractivity contribution is 0.00970. The van der Waals surface area contributed by atoms with Gasteiger partial charge in [0.05, 0.1) is 11.6 Å². The van der Waals surface area contributed by atoms with Gasteiger partial charge in [-0.3, -0.25) is 4.90 Å². The number of hydrogen-bond acceptors (Lipinski definition) is 3. The third-order valence-corrected chi connectivity index (χ3v) is 8.87. The molecule has 2 aromatic rings. The van der Waals surface area contributed by atoms with Crippen LogP contribution in [0.5, 0.6) is 0 Å². The van der Waals surface area contributed by atoms with Gasteiger partial charge in [-0.1, -0.05) is 87.2 Å². The fourth-order valence-corrected chi connectivity index (χ4v) is 6.13. The summed E-state index contributed by atoms with van der Waals surface area (Å²) in [7, 11) is 0. The van der Waals surface area contributed by atoms with E-state index in [1.165, 1.54) is 24.2 Å². The van der Waals surface area contributed by atoms with Gasteiger partial charge in [0, 0.05) is 30.4 Å². The Morgan fingerprint density at radius 1 is 1.02 bits per heavy atom. The van der Waals surface area contributed by atoms with Crippen molar-refractivity contribution in [2.24, 2.45) is 11.8 Å². The molecule has 0 aromatic heterocycles. The summed E-state index contributed by atoms with van der Waals surface area (Å²) in [5.74, 6) is 0.780. The molecular weight excluding hydrogens is 531 g/mol. The summed E-state index contributed by atoms with van der Waals surface area (Å²) >= 11 is 0. The SMILES string of the molecule is C=C(C)C(=C)/C=C(/c1ccc(C)cc1F)C(C)C.C=C(CC1CN(C2CCC(O)CC2)C1)NC(C)(C)c1cccc(C)c1. The Balaban J connectivity index is 0.000000250. The first-order chi connectivity index (χ1) is 20.2. The van der Waals surface area contributed by atoms with Gasteiger partial charge in [0.1, 0.15) is 5.82 Å². The van der Waals surface area contributed by atoms with Crippen LogP contribution in [0.3, 0.4) is 0 Å². The highest BCUT2D eigenvalue weighted by Crippen LogP contribution is 2.32. The molecule has 2 aromatic carbocycles. The maximum atomic E-state index is 14.0. The van der Waals surface area contributed by atoms with Crippen LogP contribution in [0, 0.1) is 31.5 Å². The van der Waals surface area contributed by atoms with E-state index in [9.17, 15) is 9.50 Å². The number of halogens is 1. The van der Waals surface area contributed by atoms with Gasteiger partial charge < -0.3 is 10.4 Å². The van der Waals surface area contributed by atoms with Crippen LogP contribution in [0.4, 0.5) is 4.39 Å². The molecule has 0 bridgehead atoms. The van der Waals surface area contributed by atoms with E-state index in [0.29, 0.717) is 11.6 Å². The third kappa shape index (κ3) is 10.0. The molecule has 0 spiro atoms. The van der Waals surface area contributed by atoms with Gasteiger partial charge in [-0.05, 0) is 107 Å². The normalized spacial score (nSPS) is 19.7. The van der Waals surface area contributed by atoms with Crippen molar-refractivity contribution in [2.45, 2.75) is 98.3 Å². The first-order valence-electron chi connectivity index (χ1n) is 15.9. The molecular formula is C39H55FN2O. The number of rotatable bonds is 10. The topological polar surface area (TPSA) is 35.5 Å². The Bertz CT molecular complexity index is 1310. The van der Waals surface area contributed by atoms with Gasteiger partial charge in [-0.25, -0.2) is 4.39 Å². The number of likely N-dealkylation sites (tertiary alicyclic amines) is 1. The summed E-state index contributed by atoms with van der Waals surface area (Å²) in [5.41, 5.74) is 7.95. The minimum atomic E-state index is -0.176. The Morgan fingerprint density at radius 3 is 2.21 bits per heavy atom. The molecule has 4 heteroatoms. The van der Waals surface area contributed by atoms with Crippen molar-refractivity contribution in [3.05, 3.63) is 113 Å². The minimum Gasteiger partial charge on any atom is -0.393 e. The van der Waals surface area contributed by atoms with Crippen molar-refractivity contribution in [2.75, 3.05) is 13.1 Å². The minimum absolute atomic E-state index is 0.0545. The molecule has 0 unspecified atom stereocenters. The number of hydrogen-bond donors (Lipinski definition) is 2. The quantitative estimate of drug-likeness (QED) is 0.272. The molecule has 1 saturated carbocycles. The first-order valence-corrected chi connectivity index (χ1v) is 15.9. The predicted octanol–water partition coefficient (Wildman–Crippen LogP) is 9.26. The lowest BCUT2D eigenvalue weighted by atomic mass is 9.86. The average Bonchev–Trinajstić information content (AvgIpc) is 2.90. The summed E-state index contributed by atoms with van der Waals surface area (Å²) in [6, 6.07) is 14.7. The maximum Gasteiger partial charge on any atom is 0.130 e. The van der Waals surface area contributed by atoms with Crippen molar-refractivity contribution in [3.63, 3.8) is 0 Å². The van der Waals surface area contributed by atoms with Gasteiger partial charge >= 0.3 is 0 Å². The van der Waals surface area contributed by atoms with Crippen LogP contribution in [0.1, 0.15) is 89.0 Å². The predicted molar refractivity (Wildman–Crippen MR) is 182 cm³/mol. The van der Waals surface area contributed by atoms with E-state index in [0.717, 1.165) is 66.0 Å². The molecule has 1 aliphatic heterocycles. The fourth-order valence-electron chi connectivity index (χ4n) is 6.13. The molecule has 0 atom stereocenters. The number of aryl methyl sites for hydroxylation is 2. The molecule has 2 aliphatic rings. The van der Waals surface area contributed by atoms with Crippen LogP contribution in [0.15, 0.2) is 85.1 Å². The van der Waals surface area contributed by atoms with Crippen molar-refractivity contribution < 1.29 is 9.50 Å². The van der Waals surface area contributed by atoms with Gasteiger partial charge in [0.25, 0.3) is 0 Å². The summed E-state index contributed by atoms with van der Waals surface area (Å²) < 4.78 is 14.0. The highest BCUT2D eigenvalue weighted by molar-refractivity contribution is 5.71. The van der Waals surface area contributed by atoms with E-state index in [2.05, 4.69) is 88.8 Å². The summed E-state index contributed by atoms with van der Waals surface area (Å²) in [6.45, 7) is 29.0. The average molecular weight is 587 g/mol. The third-order valence-electron chi connectivity index (χ3n) is 8.87. The number of nitrogens with one attached hydrogen (secondary N) is 1. The van der Waals surface area contributed by atoms with Crippen LogP contribution in [0.2, 0.25) is 0 Å². The van der Waals surface area contributed by atoms with Crippen LogP contribution in [0.25, 0.3) is 5.57 Å².